The summed E-state index contributed by atoms with van der Waals surface area (Å²) in [7, 11) is 0. The van der Waals surface area contributed by atoms with Crippen molar-refractivity contribution in [2.24, 2.45) is 0 Å². The van der Waals surface area contributed by atoms with E-state index in [1.165, 1.54) is 6.26 Å². The fourth-order valence-corrected chi connectivity index (χ4v) is 2.22. The number of hydrogen-bond acceptors (Lipinski definition) is 3. The maximum absolute atomic E-state index is 11.8. The first kappa shape index (κ1) is 11.4. The lowest BCUT2D eigenvalue weighted by Crippen LogP contribution is -2.37. The van der Waals surface area contributed by atoms with Gasteiger partial charge < -0.3 is 9.73 Å². The minimum Gasteiger partial charge on any atom is -0.457 e. The molecule has 0 spiro atoms. The highest BCUT2D eigenvalue weighted by molar-refractivity contribution is 9.10. The first-order valence-electron chi connectivity index (χ1n) is 5.22. The average Bonchev–Trinajstić information content (AvgIpc) is 2.68. The van der Waals surface area contributed by atoms with Gasteiger partial charge >= 0.3 is 0 Å². The number of carbonyl (C=O) groups excluding carboxylic acids is 2. The van der Waals surface area contributed by atoms with Crippen LogP contribution in [0.5, 0.6) is 0 Å². The summed E-state index contributed by atoms with van der Waals surface area (Å²) in [5.74, 6) is 0.134. The van der Waals surface area contributed by atoms with Crippen molar-refractivity contribution in [2.45, 2.75) is 31.7 Å². The summed E-state index contributed by atoms with van der Waals surface area (Å²) in [6.07, 6.45) is 4.07. The van der Waals surface area contributed by atoms with Crippen molar-refractivity contribution in [1.29, 1.82) is 0 Å². The highest BCUT2D eigenvalue weighted by Crippen LogP contribution is 2.19. The van der Waals surface area contributed by atoms with Gasteiger partial charge in [0.2, 0.25) is 0 Å². The summed E-state index contributed by atoms with van der Waals surface area (Å²) in [4.78, 5) is 22.8. The van der Waals surface area contributed by atoms with E-state index in [4.69, 9.17) is 4.42 Å². The standard InChI is InChI=1S/C11H12BrNO3/c12-10-9(5-6-16-10)11(15)13-7-1-3-8(14)4-2-7/h5-7H,1-4H2,(H,13,15). The topological polar surface area (TPSA) is 59.3 Å². The Morgan fingerprint density at radius 1 is 1.44 bits per heavy atom. The monoisotopic (exact) mass is 285 g/mol. The molecule has 1 saturated carbocycles. The number of carbonyl (C=O) groups is 2. The molecule has 0 aromatic carbocycles. The molecular weight excluding hydrogens is 274 g/mol. The third kappa shape index (κ3) is 2.52. The number of Topliss-reactive ketones (excluding diaryl/α,β-unsaturated/α-hetero) is 1. The summed E-state index contributed by atoms with van der Waals surface area (Å²) in [6, 6.07) is 1.72. The molecule has 1 N–H and O–H groups in total. The highest BCUT2D eigenvalue weighted by Gasteiger charge is 2.22. The van der Waals surface area contributed by atoms with Crippen LogP contribution in [0, 0.1) is 0 Å². The molecule has 0 radical (unpaired) electrons. The predicted octanol–water partition coefficient (Wildman–Crippen LogP) is 2.28. The van der Waals surface area contributed by atoms with Crippen LogP contribution < -0.4 is 5.32 Å². The van der Waals surface area contributed by atoms with Gasteiger partial charge in [0.25, 0.3) is 5.91 Å². The second kappa shape index (κ2) is 4.82. The number of halogens is 1. The minimum absolute atomic E-state index is 0.104. The fourth-order valence-electron chi connectivity index (χ4n) is 1.80. The van der Waals surface area contributed by atoms with Crippen molar-refractivity contribution in [1.82, 2.24) is 5.32 Å². The number of furan rings is 1. The lowest BCUT2D eigenvalue weighted by molar-refractivity contribution is -0.120. The number of hydrogen-bond donors (Lipinski definition) is 1. The summed E-state index contributed by atoms with van der Waals surface area (Å²) in [5.41, 5.74) is 0.497. The molecule has 0 unspecified atom stereocenters. The van der Waals surface area contributed by atoms with Gasteiger partial charge in [-0.15, -0.1) is 0 Å². The molecule has 2 rings (SSSR count). The van der Waals surface area contributed by atoms with Crippen molar-refractivity contribution in [3.8, 4) is 0 Å². The second-order valence-corrected chi connectivity index (χ2v) is 4.61. The molecule has 0 bridgehead atoms. The Bertz CT molecular complexity index is 403. The number of ketones is 1. The lowest BCUT2D eigenvalue weighted by atomic mass is 9.94. The van der Waals surface area contributed by atoms with Gasteiger partial charge in [-0.05, 0) is 34.8 Å². The Morgan fingerprint density at radius 2 is 2.12 bits per heavy atom. The maximum atomic E-state index is 11.8. The van der Waals surface area contributed by atoms with E-state index < -0.39 is 0 Å². The van der Waals surface area contributed by atoms with Crippen LogP contribution in [0.1, 0.15) is 36.0 Å². The Balaban J connectivity index is 1.93. The lowest BCUT2D eigenvalue weighted by Gasteiger charge is -2.21. The van der Waals surface area contributed by atoms with Crippen LogP contribution in [0.3, 0.4) is 0 Å². The molecule has 5 heteroatoms. The number of nitrogens with one attached hydrogen (secondary N) is 1. The second-order valence-electron chi connectivity index (χ2n) is 3.89. The Kier molecular flexibility index (Phi) is 3.43. The molecule has 1 aliphatic carbocycles. The largest absolute Gasteiger partial charge is 0.457 e. The van der Waals surface area contributed by atoms with Crippen LogP contribution in [0.15, 0.2) is 21.4 Å². The van der Waals surface area contributed by atoms with Gasteiger partial charge in [0.05, 0.1) is 11.8 Å². The van der Waals surface area contributed by atoms with Gasteiger partial charge in [-0.2, -0.15) is 0 Å². The molecule has 0 atom stereocenters. The van der Waals surface area contributed by atoms with E-state index in [-0.39, 0.29) is 17.7 Å². The van der Waals surface area contributed by atoms with Crippen molar-refractivity contribution < 1.29 is 14.0 Å². The SMILES string of the molecule is O=C1CCC(NC(=O)c2ccoc2Br)CC1. The zero-order valence-corrected chi connectivity index (χ0v) is 10.2. The third-order valence-electron chi connectivity index (χ3n) is 2.74. The number of rotatable bonds is 2. The summed E-state index contributed by atoms with van der Waals surface area (Å²) >= 11 is 3.16. The Hall–Kier alpha value is -1.10. The first-order chi connectivity index (χ1) is 7.66. The molecule has 0 saturated heterocycles. The number of amides is 1. The molecule has 4 nitrogen and oxygen atoms in total. The summed E-state index contributed by atoms with van der Waals surface area (Å²) in [6.45, 7) is 0. The van der Waals surface area contributed by atoms with E-state index in [1.807, 2.05) is 0 Å². The van der Waals surface area contributed by atoms with Crippen LogP contribution in [-0.4, -0.2) is 17.7 Å². The fraction of sp³-hybridized carbons (Fsp3) is 0.455. The normalized spacial score (nSPS) is 17.4. The zero-order valence-electron chi connectivity index (χ0n) is 8.66. The molecule has 1 aromatic rings. The van der Waals surface area contributed by atoms with Gasteiger partial charge in [0.15, 0.2) is 4.67 Å². The highest BCUT2D eigenvalue weighted by atomic mass is 79.9. The van der Waals surface area contributed by atoms with Crippen LogP contribution in [0.25, 0.3) is 0 Å². The van der Waals surface area contributed by atoms with Crippen molar-refractivity contribution in [3.63, 3.8) is 0 Å². The minimum atomic E-state index is -0.153. The summed E-state index contributed by atoms with van der Waals surface area (Å²) in [5, 5.41) is 2.90. The van der Waals surface area contributed by atoms with E-state index in [1.54, 1.807) is 6.07 Å². The van der Waals surface area contributed by atoms with Gasteiger partial charge in [-0.1, -0.05) is 0 Å². The molecule has 86 valence electrons. The molecule has 16 heavy (non-hydrogen) atoms. The first-order valence-corrected chi connectivity index (χ1v) is 6.01. The van der Waals surface area contributed by atoms with E-state index >= 15 is 0 Å². The molecule has 0 aliphatic heterocycles. The Morgan fingerprint density at radius 3 is 2.69 bits per heavy atom. The van der Waals surface area contributed by atoms with Gasteiger partial charge in [-0.3, -0.25) is 9.59 Å². The van der Waals surface area contributed by atoms with Crippen LogP contribution in [-0.2, 0) is 4.79 Å². The van der Waals surface area contributed by atoms with E-state index in [0.717, 1.165) is 12.8 Å². The molecule has 1 amide bonds. The summed E-state index contributed by atoms with van der Waals surface area (Å²) < 4.78 is 5.44. The van der Waals surface area contributed by atoms with Crippen LogP contribution in [0.2, 0.25) is 0 Å². The van der Waals surface area contributed by atoms with Crippen LogP contribution >= 0.6 is 15.9 Å². The van der Waals surface area contributed by atoms with E-state index in [9.17, 15) is 9.59 Å². The maximum Gasteiger partial charge on any atom is 0.255 e. The zero-order chi connectivity index (χ0) is 11.5. The van der Waals surface area contributed by atoms with Crippen molar-refractivity contribution in [3.05, 3.63) is 22.6 Å². The quantitative estimate of drug-likeness (QED) is 0.907. The van der Waals surface area contributed by atoms with E-state index in [0.29, 0.717) is 23.1 Å². The van der Waals surface area contributed by atoms with Crippen molar-refractivity contribution >= 4 is 27.6 Å². The molecular formula is C11H12BrNO3. The smallest absolute Gasteiger partial charge is 0.255 e. The van der Waals surface area contributed by atoms with Gasteiger partial charge in [0, 0.05) is 18.9 Å². The molecule has 1 fully saturated rings. The predicted molar refractivity (Wildman–Crippen MR) is 61.1 cm³/mol. The van der Waals surface area contributed by atoms with Crippen molar-refractivity contribution in [2.75, 3.05) is 0 Å². The molecule has 1 aromatic heterocycles. The average molecular weight is 286 g/mol. The van der Waals surface area contributed by atoms with Crippen LogP contribution in [0.4, 0.5) is 0 Å². The molecule has 1 aliphatic rings. The molecule has 1 heterocycles. The Labute approximate surface area is 102 Å². The third-order valence-corrected chi connectivity index (χ3v) is 3.36. The van der Waals surface area contributed by atoms with Gasteiger partial charge in [-0.25, -0.2) is 0 Å². The van der Waals surface area contributed by atoms with E-state index in [2.05, 4.69) is 21.2 Å². The van der Waals surface area contributed by atoms with Gasteiger partial charge in [0.1, 0.15) is 5.78 Å².